The second-order valence-electron chi connectivity index (χ2n) is 9.59. The molecule has 0 saturated heterocycles. The van der Waals surface area contributed by atoms with Crippen molar-refractivity contribution in [3.8, 4) is 0 Å². The number of nitrogens with zero attached hydrogens (tertiary/aromatic N) is 1. The van der Waals surface area contributed by atoms with Crippen LogP contribution >= 0.6 is 0 Å². The number of para-hydroxylation sites is 1. The minimum Gasteiger partial charge on any atom is -0.481 e. The van der Waals surface area contributed by atoms with Gasteiger partial charge in [-0.2, -0.15) is 0 Å². The maximum absolute atomic E-state index is 13.9. The van der Waals surface area contributed by atoms with Crippen molar-refractivity contribution in [2.75, 3.05) is 25.5 Å². The van der Waals surface area contributed by atoms with E-state index in [9.17, 15) is 24.2 Å². The molecule has 2 unspecified atom stereocenters. The van der Waals surface area contributed by atoms with Gasteiger partial charge in [-0.15, -0.1) is 0 Å². The normalized spacial score (nSPS) is 13.0. The first kappa shape index (κ1) is 40.2. The lowest BCUT2D eigenvalue weighted by Gasteiger charge is -2.32. The number of aliphatic hydroxyl groups excluding tert-OH is 2. The van der Waals surface area contributed by atoms with Gasteiger partial charge in [0.25, 0.3) is 0 Å². The summed E-state index contributed by atoms with van der Waals surface area (Å²) >= 11 is 0. The smallest absolute Gasteiger partial charge is 0.305 e. The minimum atomic E-state index is -1.15. The monoisotopic (exact) mass is 613 g/mol. The molecule has 2 rings (SSSR count). The van der Waals surface area contributed by atoms with Crippen LogP contribution in [0.1, 0.15) is 72.3 Å². The zero-order valence-corrected chi connectivity index (χ0v) is 27.1. The molecule has 0 spiro atoms. The highest BCUT2D eigenvalue weighted by Gasteiger charge is 2.23. The molecule has 244 valence electrons. The summed E-state index contributed by atoms with van der Waals surface area (Å²) in [5.41, 5.74) is 8.23. The number of nitrogens with one attached hydrogen (secondary N) is 1. The predicted octanol–water partition coefficient (Wildman–Crippen LogP) is 6.38. The summed E-state index contributed by atoms with van der Waals surface area (Å²) in [5.74, 6) is -1.72. The maximum atomic E-state index is 13.9. The summed E-state index contributed by atoms with van der Waals surface area (Å²) in [6, 6.07) is 15.3. The number of anilines is 1. The molecule has 0 aliphatic rings. The number of carboxylic acid groups (broad SMARTS) is 1. The SMILES string of the molecule is CC.CN.C\C=C/C(=C\C)C(/CC(=O)Nc1ccccc1)=C(\c1ccc(F)cc1)N(CCC)CCC(O)CC(O)CC(=O)O. The highest BCUT2D eigenvalue weighted by Crippen LogP contribution is 2.32. The number of benzene rings is 2. The van der Waals surface area contributed by atoms with Crippen LogP contribution in [0.25, 0.3) is 5.70 Å². The first-order valence-electron chi connectivity index (χ1n) is 15.2. The van der Waals surface area contributed by atoms with Crippen LogP contribution in [0.3, 0.4) is 0 Å². The number of halogens is 1. The number of hydrogen-bond donors (Lipinski definition) is 5. The molecule has 0 heterocycles. The summed E-state index contributed by atoms with van der Waals surface area (Å²) in [7, 11) is 1.50. The standard InChI is InChI=1S/C32H41FN2O5.C2H6.CH5N/c1-4-10-23(6-3)29(22-30(38)34-26-11-8-7-9-12-26)32(24-13-15-25(33)16-14-24)35(18-5-2)19-17-27(36)20-28(37)21-31(39)40;2*1-2/h4,6-16,27-28,36-37H,5,17-22H2,1-3H3,(H,34,38)(H,39,40);1-2H3;2H2,1H3/b10-4-,23-6+,32-29+;;. The molecule has 1 amide bonds. The van der Waals surface area contributed by atoms with Crippen molar-refractivity contribution in [3.05, 3.63) is 95.4 Å². The van der Waals surface area contributed by atoms with Gasteiger partial charge in [-0.25, -0.2) is 4.39 Å². The molecule has 0 bridgehead atoms. The average Bonchev–Trinajstić information content (AvgIpc) is 3.01. The third kappa shape index (κ3) is 15.1. The number of hydrogen-bond acceptors (Lipinski definition) is 6. The van der Waals surface area contributed by atoms with Crippen LogP contribution in [0.2, 0.25) is 0 Å². The Labute approximate surface area is 262 Å². The van der Waals surface area contributed by atoms with Gasteiger partial charge in [-0.3, -0.25) is 9.59 Å². The molecule has 2 atom stereocenters. The Bertz CT molecular complexity index is 1180. The van der Waals surface area contributed by atoms with Crippen molar-refractivity contribution >= 4 is 23.3 Å². The minimum absolute atomic E-state index is 0.0473. The Balaban J connectivity index is 0.00000443. The van der Waals surface area contributed by atoms with E-state index in [-0.39, 0.29) is 31.0 Å². The quantitative estimate of drug-likeness (QED) is 0.139. The van der Waals surface area contributed by atoms with E-state index >= 15 is 0 Å². The van der Waals surface area contributed by atoms with Crippen LogP contribution in [0.4, 0.5) is 10.1 Å². The molecule has 6 N–H and O–H groups in total. The van der Waals surface area contributed by atoms with Crippen molar-refractivity contribution in [2.45, 2.75) is 78.9 Å². The Morgan fingerprint density at radius 1 is 0.977 bits per heavy atom. The number of rotatable bonds is 16. The average molecular weight is 614 g/mol. The van der Waals surface area contributed by atoms with E-state index in [4.69, 9.17) is 5.11 Å². The molecular formula is C35H52FN3O5. The molecular weight excluding hydrogens is 561 g/mol. The van der Waals surface area contributed by atoms with Gasteiger partial charge in [-0.1, -0.05) is 57.2 Å². The zero-order chi connectivity index (χ0) is 33.5. The van der Waals surface area contributed by atoms with Gasteiger partial charge in [0.1, 0.15) is 5.82 Å². The van der Waals surface area contributed by atoms with Crippen molar-refractivity contribution in [3.63, 3.8) is 0 Å². The van der Waals surface area contributed by atoms with Gasteiger partial charge in [0.15, 0.2) is 0 Å². The molecule has 44 heavy (non-hydrogen) atoms. The van der Waals surface area contributed by atoms with E-state index in [1.54, 1.807) is 12.1 Å². The molecule has 9 heteroatoms. The molecule has 8 nitrogen and oxygen atoms in total. The molecule has 0 fully saturated rings. The first-order chi connectivity index (χ1) is 21.2. The van der Waals surface area contributed by atoms with Gasteiger partial charge in [0.05, 0.1) is 25.0 Å². The fourth-order valence-electron chi connectivity index (χ4n) is 4.54. The van der Waals surface area contributed by atoms with Gasteiger partial charge < -0.3 is 31.3 Å². The van der Waals surface area contributed by atoms with E-state index in [1.165, 1.54) is 19.2 Å². The molecule has 0 aliphatic heterocycles. The molecule has 0 aromatic heterocycles. The van der Waals surface area contributed by atoms with E-state index in [0.29, 0.717) is 18.8 Å². The Hall–Kier alpha value is -3.79. The van der Waals surface area contributed by atoms with E-state index in [2.05, 4.69) is 16.0 Å². The Morgan fingerprint density at radius 2 is 1.59 bits per heavy atom. The molecule has 0 saturated carbocycles. The topological polar surface area (TPSA) is 136 Å². The first-order valence-corrected chi connectivity index (χ1v) is 15.2. The maximum Gasteiger partial charge on any atom is 0.305 e. The van der Waals surface area contributed by atoms with Crippen LogP contribution in [-0.2, 0) is 9.59 Å². The Morgan fingerprint density at radius 3 is 2.11 bits per heavy atom. The summed E-state index contributed by atoms with van der Waals surface area (Å²) in [5, 5.41) is 32.5. The highest BCUT2D eigenvalue weighted by atomic mass is 19.1. The lowest BCUT2D eigenvalue weighted by Crippen LogP contribution is -2.30. The molecule has 0 radical (unpaired) electrons. The second-order valence-corrected chi connectivity index (χ2v) is 9.59. The van der Waals surface area contributed by atoms with Crippen molar-refractivity contribution < 1.29 is 29.3 Å². The fraction of sp³-hybridized carbons (Fsp3) is 0.429. The number of allylic oxidation sites excluding steroid dienone is 4. The second kappa shape index (κ2) is 23.6. The van der Waals surface area contributed by atoms with Gasteiger partial charge in [0, 0.05) is 24.5 Å². The van der Waals surface area contributed by atoms with Crippen molar-refractivity contribution in [1.29, 1.82) is 0 Å². The predicted molar refractivity (Wildman–Crippen MR) is 178 cm³/mol. The van der Waals surface area contributed by atoms with E-state index in [1.807, 2.05) is 83.2 Å². The number of aliphatic carboxylic acids is 1. The number of amides is 1. The molecule has 2 aromatic carbocycles. The fourth-order valence-corrected chi connectivity index (χ4v) is 4.54. The van der Waals surface area contributed by atoms with Gasteiger partial charge >= 0.3 is 5.97 Å². The van der Waals surface area contributed by atoms with E-state index in [0.717, 1.165) is 28.8 Å². The van der Waals surface area contributed by atoms with Crippen molar-refractivity contribution in [1.82, 2.24) is 4.90 Å². The summed E-state index contributed by atoms with van der Waals surface area (Å²) in [6.45, 7) is 10.8. The lowest BCUT2D eigenvalue weighted by atomic mass is 9.94. The number of carbonyl (C=O) groups excluding carboxylic acids is 1. The Kier molecular flexibility index (Phi) is 21.6. The number of carboxylic acids is 1. The van der Waals surface area contributed by atoms with Crippen LogP contribution in [0.15, 0.2) is 84.0 Å². The summed E-state index contributed by atoms with van der Waals surface area (Å²) in [6.07, 6.45) is 4.24. The largest absolute Gasteiger partial charge is 0.481 e. The van der Waals surface area contributed by atoms with Gasteiger partial charge in [0.2, 0.25) is 5.91 Å². The zero-order valence-electron chi connectivity index (χ0n) is 27.1. The third-order valence-corrected chi connectivity index (χ3v) is 6.30. The number of aliphatic hydroxyl groups is 2. The summed E-state index contributed by atoms with van der Waals surface area (Å²) in [4.78, 5) is 26.3. The van der Waals surface area contributed by atoms with Crippen LogP contribution in [-0.4, -0.2) is 64.4 Å². The van der Waals surface area contributed by atoms with Crippen LogP contribution < -0.4 is 11.1 Å². The number of nitrogens with two attached hydrogens (primary N) is 1. The van der Waals surface area contributed by atoms with Crippen molar-refractivity contribution in [2.24, 2.45) is 5.73 Å². The molecule has 2 aromatic rings. The third-order valence-electron chi connectivity index (χ3n) is 6.30. The highest BCUT2D eigenvalue weighted by molar-refractivity contribution is 5.94. The van der Waals surface area contributed by atoms with Crippen LogP contribution in [0.5, 0.6) is 0 Å². The van der Waals surface area contributed by atoms with Gasteiger partial charge in [-0.05, 0) is 93.3 Å². The number of carbonyl (C=O) groups is 2. The van der Waals surface area contributed by atoms with Crippen LogP contribution in [0, 0.1) is 5.82 Å². The summed E-state index contributed by atoms with van der Waals surface area (Å²) < 4.78 is 13.9. The molecule has 0 aliphatic carbocycles. The van der Waals surface area contributed by atoms with E-state index < -0.39 is 24.6 Å². The lowest BCUT2D eigenvalue weighted by molar-refractivity contribution is -0.139.